The Morgan fingerprint density at radius 1 is 0.941 bits per heavy atom. The number of benzene rings is 1. The Morgan fingerprint density at radius 3 is 2.03 bits per heavy atom. The second kappa shape index (κ2) is 14.2. The highest BCUT2D eigenvalue weighted by molar-refractivity contribution is 7.80. The summed E-state index contributed by atoms with van der Waals surface area (Å²) in [7, 11) is 0. The molecule has 0 aromatic heterocycles. The predicted octanol–water partition coefficient (Wildman–Crippen LogP) is -0.454. The molecule has 0 aliphatic carbocycles. The van der Waals surface area contributed by atoms with Gasteiger partial charge in [0.2, 0.25) is 17.7 Å². The largest absolute Gasteiger partial charge is 0.481 e. The number of nitrogens with two attached hydrogens (primary N) is 1. The van der Waals surface area contributed by atoms with Gasteiger partial charge in [-0.2, -0.15) is 12.6 Å². The zero-order valence-electron chi connectivity index (χ0n) is 19.1. The number of carbonyl (C=O) groups is 5. The first-order valence-corrected chi connectivity index (χ1v) is 11.4. The fourth-order valence-electron chi connectivity index (χ4n) is 3.03. The van der Waals surface area contributed by atoms with Gasteiger partial charge < -0.3 is 31.9 Å². The SMILES string of the molecule is CCC(C)C(NC(=O)C(CC(=O)O)NC(=O)C(N)Cc1ccccc1)C(=O)NC(CS)C(=O)O. The summed E-state index contributed by atoms with van der Waals surface area (Å²) in [5.74, 6) is -5.61. The van der Waals surface area contributed by atoms with E-state index in [1.165, 1.54) is 0 Å². The first kappa shape index (κ1) is 28.9. The minimum Gasteiger partial charge on any atom is -0.481 e. The van der Waals surface area contributed by atoms with Gasteiger partial charge in [-0.05, 0) is 17.9 Å². The van der Waals surface area contributed by atoms with Crippen molar-refractivity contribution in [2.24, 2.45) is 11.7 Å². The maximum absolute atomic E-state index is 12.9. The lowest BCUT2D eigenvalue weighted by Gasteiger charge is -2.27. The number of carbonyl (C=O) groups excluding carboxylic acids is 3. The average molecular weight is 497 g/mol. The number of hydrogen-bond acceptors (Lipinski definition) is 7. The number of nitrogens with one attached hydrogen (secondary N) is 3. The van der Waals surface area contributed by atoms with Crippen LogP contribution in [-0.4, -0.2) is 69.8 Å². The average Bonchev–Trinajstić information content (AvgIpc) is 2.79. The molecule has 7 N–H and O–H groups in total. The van der Waals surface area contributed by atoms with Gasteiger partial charge in [-0.15, -0.1) is 0 Å². The van der Waals surface area contributed by atoms with E-state index in [1.54, 1.807) is 44.2 Å². The molecule has 0 radical (unpaired) electrons. The summed E-state index contributed by atoms with van der Waals surface area (Å²) in [5.41, 5.74) is 6.72. The van der Waals surface area contributed by atoms with Gasteiger partial charge in [0, 0.05) is 5.75 Å². The molecule has 0 aliphatic heterocycles. The van der Waals surface area contributed by atoms with Crippen LogP contribution >= 0.6 is 12.6 Å². The summed E-state index contributed by atoms with van der Waals surface area (Å²) in [6.45, 7) is 3.44. The molecule has 3 amide bonds. The first-order valence-electron chi connectivity index (χ1n) is 10.8. The molecule has 188 valence electrons. The second-order valence-electron chi connectivity index (χ2n) is 7.91. The van der Waals surface area contributed by atoms with E-state index in [2.05, 4.69) is 28.6 Å². The van der Waals surface area contributed by atoms with E-state index in [1.807, 2.05) is 0 Å². The van der Waals surface area contributed by atoms with Gasteiger partial charge in [-0.1, -0.05) is 50.6 Å². The van der Waals surface area contributed by atoms with Gasteiger partial charge in [0.15, 0.2) is 0 Å². The molecule has 1 rings (SSSR count). The van der Waals surface area contributed by atoms with Gasteiger partial charge in [-0.3, -0.25) is 19.2 Å². The number of carboxylic acids is 2. The number of aliphatic carboxylic acids is 2. The number of rotatable bonds is 14. The van der Waals surface area contributed by atoms with Crippen molar-refractivity contribution in [2.75, 3.05) is 5.75 Å². The number of thiol groups is 1. The van der Waals surface area contributed by atoms with Crippen molar-refractivity contribution in [3.63, 3.8) is 0 Å². The van der Waals surface area contributed by atoms with Gasteiger partial charge in [0.25, 0.3) is 0 Å². The maximum atomic E-state index is 12.9. The second-order valence-corrected chi connectivity index (χ2v) is 8.27. The monoisotopic (exact) mass is 496 g/mol. The zero-order chi connectivity index (χ0) is 25.8. The third kappa shape index (κ3) is 9.40. The molecule has 0 saturated heterocycles. The van der Waals surface area contributed by atoms with Gasteiger partial charge in [0.05, 0.1) is 12.5 Å². The van der Waals surface area contributed by atoms with Gasteiger partial charge in [0.1, 0.15) is 18.1 Å². The fraction of sp³-hybridized carbons (Fsp3) is 0.500. The van der Waals surface area contributed by atoms with Crippen LogP contribution in [0.5, 0.6) is 0 Å². The molecule has 12 heteroatoms. The molecule has 0 bridgehead atoms. The van der Waals surface area contributed by atoms with E-state index in [0.29, 0.717) is 6.42 Å². The Hall–Kier alpha value is -3.12. The van der Waals surface area contributed by atoms with Crippen LogP contribution in [0.4, 0.5) is 0 Å². The highest BCUT2D eigenvalue weighted by Crippen LogP contribution is 2.10. The summed E-state index contributed by atoms with van der Waals surface area (Å²) in [5, 5.41) is 25.5. The first-order chi connectivity index (χ1) is 16.0. The van der Waals surface area contributed by atoms with Gasteiger partial charge in [-0.25, -0.2) is 4.79 Å². The van der Waals surface area contributed by atoms with Gasteiger partial charge >= 0.3 is 11.9 Å². The molecule has 5 unspecified atom stereocenters. The Bertz CT molecular complexity index is 868. The molecule has 0 fully saturated rings. The van der Waals surface area contributed by atoms with E-state index in [9.17, 15) is 29.1 Å². The Labute approximate surface area is 203 Å². The van der Waals surface area contributed by atoms with E-state index < -0.39 is 66.2 Å². The van der Waals surface area contributed by atoms with Crippen LogP contribution in [0.15, 0.2) is 30.3 Å². The van der Waals surface area contributed by atoms with E-state index in [0.717, 1.165) is 5.56 Å². The highest BCUT2D eigenvalue weighted by atomic mass is 32.1. The van der Waals surface area contributed by atoms with Crippen molar-refractivity contribution in [1.82, 2.24) is 16.0 Å². The molecular formula is C22H32N4O7S. The Balaban J connectivity index is 2.96. The molecule has 0 aliphatic rings. The molecule has 0 spiro atoms. The molecule has 0 heterocycles. The zero-order valence-corrected chi connectivity index (χ0v) is 20.0. The lowest BCUT2D eigenvalue weighted by atomic mass is 9.97. The molecular weight excluding hydrogens is 464 g/mol. The lowest BCUT2D eigenvalue weighted by molar-refractivity contribution is -0.143. The maximum Gasteiger partial charge on any atom is 0.327 e. The topological polar surface area (TPSA) is 188 Å². The summed E-state index contributed by atoms with van der Waals surface area (Å²) in [4.78, 5) is 60.6. The number of amides is 3. The molecule has 1 aromatic carbocycles. The van der Waals surface area contributed by atoms with E-state index >= 15 is 0 Å². The lowest BCUT2D eigenvalue weighted by Crippen LogP contribution is -2.59. The highest BCUT2D eigenvalue weighted by Gasteiger charge is 2.33. The summed E-state index contributed by atoms with van der Waals surface area (Å²) >= 11 is 3.90. The Morgan fingerprint density at radius 2 is 1.53 bits per heavy atom. The third-order valence-electron chi connectivity index (χ3n) is 5.24. The smallest absolute Gasteiger partial charge is 0.327 e. The normalized spacial score (nSPS) is 15.2. The van der Waals surface area contributed by atoms with Crippen LogP contribution in [0.3, 0.4) is 0 Å². The van der Waals surface area contributed by atoms with E-state index in [4.69, 9.17) is 10.8 Å². The standard InChI is InChI=1S/C22H32N4O7S/c1-3-12(2)18(21(31)25-16(11-34)22(32)33)26-20(30)15(10-17(27)28)24-19(29)14(23)9-13-7-5-4-6-8-13/h4-8,12,14-16,18,34H,3,9-11,23H2,1-2H3,(H,24,29)(H,25,31)(H,26,30)(H,27,28)(H,32,33). The quantitative estimate of drug-likeness (QED) is 0.169. The van der Waals surface area contributed by atoms with Crippen LogP contribution in [0.1, 0.15) is 32.3 Å². The third-order valence-corrected chi connectivity index (χ3v) is 5.60. The molecule has 1 aromatic rings. The minimum atomic E-state index is -1.49. The van der Waals surface area contributed by atoms with Crippen LogP contribution in [-0.2, 0) is 30.4 Å². The van der Waals surface area contributed by atoms with Crippen molar-refractivity contribution in [2.45, 2.75) is 57.3 Å². The minimum absolute atomic E-state index is 0.167. The van der Waals surface area contributed by atoms with Crippen molar-refractivity contribution < 1.29 is 34.2 Å². The molecule has 11 nitrogen and oxygen atoms in total. The van der Waals surface area contributed by atoms with Crippen LogP contribution in [0.25, 0.3) is 0 Å². The fourth-order valence-corrected chi connectivity index (χ4v) is 3.27. The summed E-state index contributed by atoms with van der Waals surface area (Å²) in [6.07, 6.45) is -0.111. The molecule has 34 heavy (non-hydrogen) atoms. The molecule has 0 saturated carbocycles. The predicted molar refractivity (Wildman–Crippen MR) is 127 cm³/mol. The number of hydrogen-bond donors (Lipinski definition) is 7. The van der Waals surface area contributed by atoms with Crippen molar-refractivity contribution >= 4 is 42.3 Å². The molecule has 5 atom stereocenters. The summed E-state index contributed by atoms with van der Waals surface area (Å²) < 4.78 is 0. The van der Waals surface area contributed by atoms with Crippen molar-refractivity contribution in [3.8, 4) is 0 Å². The van der Waals surface area contributed by atoms with Crippen LogP contribution < -0.4 is 21.7 Å². The van der Waals surface area contributed by atoms with E-state index in [-0.39, 0.29) is 12.2 Å². The van der Waals surface area contributed by atoms with Crippen LogP contribution in [0.2, 0.25) is 0 Å². The Kier molecular flexibility index (Phi) is 12.1. The van der Waals surface area contributed by atoms with Crippen LogP contribution in [0, 0.1) is 5.92 Å². The van der Waals surface area contributed by atoms with Crippen molar-refractivity contribution in [3.05, 3.63) is 35.9 Å². The summed E-state index contributed by atoms with van der Waals surface area (Å²) in [6, 6.07) is 3.96. The van der Waals surface area contributed by atoms with Crippen molar-refractivity contribution in [1.29, 1.82) is 0 Å². The number of carboxylic acid groups (broad SMARTS) is 2.